The molecule has 2 aromatic carbocycles. The molecule has 5 rings (SSSR count). The molecule has 2 N–H and O–H groups in total. The van der Waals surface area contributed by atoms with E-state index in [1.54, 1.807) is 13.3 Å². The number of ether oxygens (including phenoxy) is 1. The van der Waals surface area contributed by atoms with Crippen LogP contribution in [0.5, 0.6) is 5.75 Å². The first-order valence-electron chi connectivity index (χ1n) is 10.3. The van der Waals surface area contributed by atoms with Gasteiger partial charge in [0.1, 0.15) is 5.75 Å². The van der Waals surface area contributed by atoms with Crippen molar-refractivity contribution in [3.05, 3.63) is 78.4 Å². The Kier molecular flexibility index (Phi) is 5.00. The summed E-state index contributed by atoms with van der Waals surface area (Å²) in [5.41, 5.74) is 5.74. The van der Waals surface area contributed by atoms with Gasteiger partial charge >= 0.3 is 0 Å². The average Bonchev–Trinajstić information content (AvgIpc) is 3.60. The van der Waals surface area contributed by atoms with Crippen LogP contribution in [0.4, 0.5) is 0 Å². The van der Waals surface area contributed by atoms with Gasteiger partial charge in [0.2, 0.25) is 0 Å². The summed E-state index contributed by atoms with van der Waals surface area (Å²) in [6, 6.07) is 14.1. The smallest absolute Gasteiger partial charge is 0.258 e. The number of carbonyl (C=O) groups is 1. The number of hydrogen-bond acceptors (Lipinski definition) is 4. The SMILES string of the molecule is COc1cc(-c2cn[nH]c2)ccc1C(=O)N1CCCC1c1cccc(-c2cn[nH]c2)c1. The molecule has 156 valence electrons. The molecule has 0 saturated carbocycles. The molecule has 1 atom stereocenters. The number of H-pyrrole nitrogens is 2. The van der Waals surface area contributed by atoms with E-state index >= 15 is 0 Å². The van der Waals surface area contributed by atoms with Gasteiger partial charge in [-0.05, 0) is 47.7 Å². The maximum absolute atomic E-state index is 13.5. The minimum Gasteiger partial charge on any atom is -0.496 e. The predicted octanol–water partition coefficient (Wildman–Crippen LogP) is 4.45. The van der Waals surface area contributed by atoms with Crippen LogP contribution < -0.4 is 4.74 Å². The standard InChI is InChI=1S/C24H23N5O2/c1-31-23-11-17(20-14-27-28-15-20)7-8-21(23)24(30)29-9-3-6-22(29)18-5-2-4-16(10-18)19-12-25-26-13-19/h2,4-5,7-8,10-15,22H,3,6,9H2,1H3,(H,25,26)(H,27,28). The van der Waals surface area contributed by atoms with Crippen molar-refractivity contribution in [3.63, 3.8) is 0 Å². The Bertz CT molecular complexity index is 1180. The Labute approximate surface area is 180 Å². The Balaban J connectivity index is 1.45. The Morgan fingerprint density at radius 2 is 1.74 bits per heavy atom. The number of methoxy groups -OCH3 is 1. The van der Waals surface area contributed by atoms with Crippen molar-refractivity contribution in [3.8, 4) is 28.0 Å². The van der Waals surface area contributed by atoms with E-state index < -0.39 is 0 Å². The molecule has 7 nitrogen and oxygen atoms in total. The van der Waals surface area contributed by atoms with Crippen molar-refractivity contribution in [1.82, 2.24) is 25.3 Å². The normalized spacial score (nSPS) is 15.9. The van der Waals surface area contributed by atoms with Crippen molar-refractivity contribution in [2.24, 2.45) is 0 Å². The molecular formula is C24H23N5O2. The number of amides is 1. The molecule has 1 amide bonds. The van der Waals surface area contributed by atoms with Gasteiger partial charge in [-0.3, -0.25) is 15.0 Å². The summed E-state index contributed by atoms with van der Waals surface area (Å²) in [7, 11) is 1.60. The maximum atomic E-state index is 13.5. The summed E-state index contributed by atoms with van der Waals surface area (Å²) in [6.07, 6.45) is 9.17. The maximum Gasteiger partial charge on any atom is 0.258 e. The van der Waals surface area contributed by atoms with Gasteiger partial charge < -0.3 is 9.64 Å². The van der Waals surface area contributed by atoms with Gasteiger partial charge in [-0.1, -0.05) is 24.3 Å². The fraction of sp³-hybridized carbons (Fsp3) is 0.208. The summed E-state index contributed by atoms with van der Waals surface area (Å²) >= 11 is 0. The van der Waals surface area contributed by atoms with E-state index in [2.05, 4.69) is 38.6 Å². The lowest BCUT2D eigenvalue weighted by Crippen LogP contribution is -2.30. The molecule has 0 aliphatic carbocycles. The van der Waals surface area contributed by atoms with Gasteiger partial charge in [0.05, 0.1) is 31.1 Å². The van der Waals surface area contributed by atoms with Crippen LogP contribution in [0.15, 0.2) is 67.3 Å². The molecule has 31 heavy (non-hydrogen) atoms. The highest BCUT2D eigenvalue weighted by Gasteiger charge is 2.32. The molecule has 1 unspecified atom stereocenters. The fourth-order valence-corrected chi connectivity index (χ4v) is 4.30. The fourth-order valence-electron chi connectivity index (χ4n) is 4.30. The van der Waals surface area contributed by atoms with E-state index in [4.69, 9.17) is 4.74 Å². The number of carbonyl (C=O) groups excluding carboxylic acids is 1. The van der Waals surface area contributed by atoms with E-state index in [-0.39, 0.29) is 11.9 Å². The topological polar surface area (TPSA) is 86.9 Å². The Hall–Kier alpha value is -3.87. The van der Waals surface area contributed by atoms with Gasteiger partial charge in [-0.25, -0.2) is 0 Å². The third kappa shape index (κ3) is 3.59. The molecule has 3 heterocycles. The van der Waals surface area contributed by atoms with Crippen LogP contribution >= 0.6 is 0 Å². The third-order valence-corrected chi connectivity index (χ3v) is 5.88. The molecule has 0 spiro atoms. The zero-order chi connectivity index (χ0) is 21.2. The summed E-state index contributed by atoms with van der Waals surface area (Å²) < 4.78 is 5.59. The van der Waals surface area contributed by atoms with Gasteiger partial charge in [-0.2, -0.15) is 10.2 Å². The van der Waals surface area contributed by atoms with Crippen LogP contribution in [0.3, 0.4) is 0 Å². The van der Waals surface area contributed by atoms with Crippen molar-refractivity contribution in [2.75, 3.05) is 13.7 Å². The summed E-state index contributed by atoms with van der Waals surface area (Å²) in [5, 5.41) is 13.7. The molecule has 0 bridgehead atoms. The molecular weight excluding hydrogens is 390 g/mol. The zero-order valence-corrected chi connectivity index (χ0v) is 17.2. The van der Waals surface area contributed by atoms with E-state index in [1.165, 1.54) is 0 Å². The van der Waals surface area contributed by atoms with Crippen LogP contribution in [-0.4, -0.2) is 44.9 Å². The van der Waals surface area contributed by atoms with Gasteiger partial charge in [0.25, 0.3) is 5.91 Å². The molecule has 1 fully saturated rings. The van der Waals surface area contributed by atoms with Crippen LogP contribution in [0.2, 0.25) is 0 Å². The van der Waals surface area contributed by atoms with Crippen LogP contribution in [0.1, 0.15) is 34.8 Å². The van der Waals surface area contributed by atoms with Crippen molar-refractivity contribution < 1.29 is 9.53 Å². The molecule has 7 heteroatoms. The molecule has 1 saturated heterocycles. The summed E-state index contributed by atoms with van der Waals surface area (Å²) in [4.78, 5) is 15.5. The number of likely N-dealkylation sites (tertiary alicyclic amines) is 1. The van der Waals surface area contributed by atoms with Gasteiger partial charge in [0.15, 0.2) is 0 Å². The number of aromatic amines is 2. The number of hydrogen-bond donors (Lipinski definition) is 2. The molecule has 0 radical (unpaired) electrons. The molecule has 4 aromatic rings. The van der Waals surface area contributed by atoms with E-state index in [0.717, 1.165) is 47.2 Å². The van der Waals surface area contributed by atoms with Crippen LogP contribution in [0, 0.1) is 0 Å². The predicted molar refractivity (Wildman–Crippen MR) is 118 cm³/mol. The molecule has 1 aliphatic heterocycles. The van der Waals surface area contributed by atoms with E-state index in [0.29, 0.717) is 11.3 Å². The highest BCUT2D eigenvalue weighted by atomic mass is 16.5. The Morgan fingerprint density at radius 1 is 1.00 bits per heavy atom. The second-order valence-electron chi connectivity index (χ2n) is 7.67. The number of benzene rings is 2. The average molecular weight is 413 g/mol. The number of aromatic nitrogens is 4. The largest absolute Gasteiger partial charge is 0.496 e. The van der Waals surface area contributed by atoms with Crippen molar-refractivity contribution in [2.45, 2.75) is 18.9 Å². The first-order valence-corrected chi connectivity index (χ1v) is 10.3. The summed E-state index contributed by atoms with van der Waals surface area (Å²) in [6.45, 7) is 0.728. The van der Waals surface area contributed by atoms with E-state index in [1.807, 2.05) is 47.8 Å². The van der Waals surface area contributed by atoms with Gasteiger partial charge in [0, 0.05) is 30.1 Å². The highest BCUT2D eigenvalue weighted by Crippen LogP contribution is 2.36. The van der Waals surface area contributed by atoms with E-state index in [9.17, 15) is 4.79 Å². The lowest BCUT2D eigenvalue weighted by molar-refractivity contribution is 0.0732. The minimum atomic E-state index is -0.00759. The monoisotopic (exact) mass is 413 g/mol. The molecule has 2 aromatic heterocycles. The summed E-state index contributed by atoms with van der Waals surface area (Å²) in [5.74, 6) is 0.563. The van der Waals surface area contributed by atoms with Crippen LogP contribution in [-0.2, 0) is 0 Å². The third-order valence-electron chi connectivity index (χ3n) is 5.88. The lowest BCUT2D eigenvalue weighted by atomic mass is 9.99. The lowest BCUT2D eigenvalue weighted by Gasteiger charge is -2.26. The zero-order valence-electron chi connectivity index (χ0n) is 17.2. The van der Waals surface area contributed by atoms with Crippen molar-refractivity contribution in [1.29, 1.82) is 0 Å². The number of nitrogens with zero attached hydrogens (tertiary/aromatic N) is 3. The number of nitrogens with one attached hydrogen (secondary N) is 2. The Morgan fingerprint density at radius 3 is 2.42 bits per heavy atom. The highest BCUT2D eigenvalue weighted by molar-refractivity contribution is 5.98. The minimum absolute atomic E-state index is 0.00759. The first kappa shape index (κ1) is 19.1. The second-order valence-corrected chi connectivity index (χ2v) is 7.67. The van der Waals surface area contributed by atoms with Gasteiger partial charge in [-0.15, -0.1) is 0 Å². The quantitative estimate of drug-likeness (QED) is 0.506. The molecule has 1 aliphatic rings. The first-order chi connectivity index (χ1) is 15.2. The van der Waals surface area contributed by atoms with Crippen molar-refractivity contribution >= 4 is 5.91 Å². The second kappa shape index (κ2) is 8.10. The number of rotatable bonds is 5. The van der Waals surface area contributed by atoms with Crippen LogP contribution in [0.25, 0.3) is 22.3 Å².